The van der Waals surface area contributed by atoms with E-state index in [1.165, 1.54) is 44.2 Å². The molecule has 0 radical (unpaired) electrons. The smallest absolute Gasteiger partial charge is 0.153 e. The molecule has 5 rings (SSSR count). The fourth-order valence-corrected chi connectivity index (χ4v) is 4.82. The zero-order chi connectivity index (χ0) is 24.9. The number of aromatic amines is 1. The highest BCUT2D eigenvalue weighted by molar-refractivity contribution is 5.91. The lowest BCUT2D eigenvalue weighted by molar-refractivity contribution is 0.167. The molecule has 1 aliphatic carbocycles. The molecular formula is C28H32FN5O2. The van der Waals surface area contributed by atoms with E-state index < -0.39 is 5.92 Å². The molecule has 0 spiro atoms. The number of halogens is 1. The van der Waals surface area contributed by atoms with Gasteiger partial charge in [0, 0.05) is 23.2 Å². The van der Waals surface area contributed by atoms with E-state index in [4.69, 9.17) is 14.7 Å². The van der Waals surface area contributed by atoms with E-state index in [-0.39, 0.29) is 18.5 Å². The monoisotopic (exact) mass is 489 g/mol. The van der Waals surface area contributed by atoms with Crippen LogP contribution in [0.5, 0.6) is 5.75 Å². The zero-order valence-corrected chi connectivity index (χ0v) is 20.5. The molecule has 7 nitrogen and oxygen atoms in total. The normalized spacial score (nSPS) is 15.9. The maximum absolute atomic E-state index is 13.5. The highest BCUT2D eigenvalue weighted by atomic mass is 19.1. The van der Waals surface area contributed by atoms with E-state index >= 15 is 0 Å². The number of fused-ring (bicyclic) bond motifs is 1. The minimum Gasteiger partial charge on any atom is -0.490 e. The fourth-order valence-electron chi connectivity index (χ4n) is 4.82. The third-order valence-corrected chi connectivity index (χ3v) is 6.76. The van der Waals surface area contributed by atoms with Crippen LogP contribution in [0.4, 0.5) is 16.0 Å². The van der Waals surface area contributed by atoms with Crippen molar-refractivity contribution in [2.75, 3.05) is 11.9 Å². The predicted molar refractivity (Wildman–Crippen MR) is 138 cm³/mol. The molecule has 1 saturated carbocycles. The second-order valence-corrected chi connectivity index (χ2v) is 9.54. The highest BCUT2D eigenvalue weighted by Gasteiger charge is 2.21. The lowest BCUT2D eigenvalue weighted by Crippen LogP contribution is -2.18. The van der Waals surface area contributed by atoms with E-state index in [2.05, 4.69) is 15.5 Å². The van der Waals surface area contributed by atoms with Crippen molar-refractivity contribution in [3.8, 4) is 5.75 Å². The van der Waals surface area contributed by atoms with Gasteiger partial charge in [-0.25, -0.2) is 14.4 Å². The standard InChI is InChI=1S/C28H32FN5O2/c1-18-15-26(34-33-18)31-27-23-14-13-22(36-21-7-5-3-2-4-6-8-21)16-25(23)30-28(32-27)24(17-35)19-9-11-20(29)12-10-19/h9-16,21,24,35H,2-8,17H2,1H3,(H2,30,31,32,33,34). The molecule has 36 heavy (non-hydrogen) atoms. The number of aryl methyl sites for hydroxylation is 1. The van der Waals surface area contributed by atoms with Gasteiger partial charge in [-0.05, 0) is 62.4 Å². The average Bonchev–Trinajstić information content (AvgIpc) is 3.26. The van der Waals surface area contributed by atoms with Gasteiger partial charge >= 0.3 is 0 Å². The zero-order valence-electron chi connectivity index (χ0n) is 20.5. The minimum atomic E-state index is -0.508. The van der Waals surface area contributed by atoms with Crippen molar-refractivity contribution >= 4 is 22.5 Å². The summed E-state index contributed by atoms with van der Waals surface area (Å²) < 4.78 is 19.9. The lowest BCUT2D eigenvalue weighted by Gasteiger charge is -2.22. The number of aliphatic hydroxyl groups excluding tert-OH is 1. The number of H-pyrrole nitrogens is 1. The van der Waals surface area contributed by atoms with E-state index in [0.717, 1.165) is 35.2 Å². The van der Waals surface area contributed by atoms with Gasteiger partial charge in [-0.3, -0.25) is 5.10 Å². The summed E-state index contributed by atoms with van der Waals surface area (Å²) in [5.74, 6) is 1.60. The van der Waals surface area contributed by atoms with Gasteiger partial charge in [-0.1, -0.05) is 31.4 Å². The first kappa shape index (κ1) is 24.2. The Morgan fingerprint density at radius 2 is 1.78 bits per heavy atom. The number of hydrogen-bond acceptors (Lipinski definition) is 6. The van der Waals surface area contributed by atoms with Crippen molar-refractivity contribution in [2.45, 2.75) is 63.9 Å². The number of hydrogen-bond donors (Lipinski definition) is 3. The highest BCUT2D eigenvalue weighted by Crippen LogP contribution is 2.32. The number of nitrogens with zero attached hydrogens (tertiary/aromatic N) is 3. The Bertz CT molecular complexity index is 1300. The largest absolute Gasteiger partial charge is 0.490 e. The molecule has 0 saturated heterocycles. The number of aromatic nitrogens is 4. The Labute approximate surface area is 210 Å². The van der Waals surface area contributed by atoms with E-state index in [9.17, 15) is 9.50 Å². The Balaban J connectivity index is 1.53. The summed E-state index contributed by atoms with van der Waals surface area (Å²) in [6.45, 7) is 1.72. The number of aliphatic hydroxyl groups is 1. The number of rotatable bonds is 7. The van der Waals surface area contributed by atoms with E-state index in [1.807, 2.05) is 31.2 Å². The molecule has 4 aromatic rings. The van der Waals surface area contributed by atoms with Gasteiger partial charge < -0.3 is 15.2 Å². The van der Waals surface area contributed by atoms with Crippen LogP contribution >= 0.6 is 0 Å². The first-order chi connectivity index (χ1) is 17.6. The van der Waals surface area contributed by atoms with Crippen LogP contribution in [0.3, 0.4) is 0 Å². The summed E-state index contributed by atoms with van der Waals surface area (Å²) in [6, 6.07) is 13.8. The first-order valence-electron chi connectivity index (χ1n) is 12.7. The summed E-state index contributed by atoms with van der Waals surface area (Å²) >= 11 is 0. The second-order valence-electron chi connectivity index (χ2n) is 9.54. The molecule has 1 aliphatic rings. The molecule has 1 fully saturated rings. The van der Waals surface area contributed by atoms with Crippen molar-refractivity contribution in [2.24, 2.45) is 0 Å². The Kier molecular flexibility index (Phi) is 7.41. The molecule has 0 amide bonds. The summed E-state index contributed by atoms with van der Waals surface area (Å²) in [6.07, 6.45) is 8.57. The van der Waals surface area contributed by atoms with E-state index in [0.29, 0.717) is 23.0 Å². The molecule has 0 aliphatic heterocycles. The molecule has 0 bridgehead atoms. The number of anilines is 2. The first-order valence-corrected chi connectivity index (χ1v) is 12.7. The van der Waals surface area contributed by atoms with Gasteiger partial charge in [-0.2, -0.15) is 5.10 Å². The minimum absolute atomic E-state index is 0.207. The van der Waals surface area contributed by atoms with Crippen LogP contribution in [0.2, 0.25) is 0 Å². The predicted octanol–water partition coefficient (Wildman–Crippen LogP) is 6.16. The van der Waals surface area contributed by atoms with Gasteiger partial charge in [0.25, 0.3) is 0 Å². The lowest BCUT2D eigenvalue weighted by atomic mass is 9.98. The Morgan fingerprint density at radius 3 is 2.47 bits per heavy atom. The van der Waals surface area contributed by atoms with Crippen molar-refractivity contribution in [1.29, 1.82) is 0 Å². The molecule has 3 N–H and O–H groups in total. The molecule has 1 atom stereocenters. The molecular weight excluding hydrogens is 457 g/mol. The van der Waals surface area contributed by atoms with Crippen LogP contribution in [0, 0.1) is 12.7 Å². The summed E-state index contributed by atoms with van der Waals surface area (Å²) in [7, 11) is 0. The van der Waals surface area contributed by atoms with E-state index in [1.54, 1.807) is 12.1 Å². The van der Waals surface area contributed by atoms with Gasteiger partial charge in [-0.15, -0.1) is 0 Å². The van der Waals surface area contributed by atoms with Gasteiger partial charge in [0.05, 0.1) is 24.1 Å². The van der Waals surface area contributed by atoms with Gasteiger partial charge in [0.2, 0.25) is 0 Å². The number of ether oxygens (including phenoxy) is 1. The topological polar surface area (TPSA) is 96.0 Å². The van der Waals surface area contributed by atoms with Crippen molar-refractivity contribution < 1.29 is 14.2 Å². The third kappa shape index (κ3) is 5.65. The Hall–Kier alpha value is -3.52. The average molecular weight is 490 g/mol. The second kappa shape index (κ2) is 11.0. The molecule has 1 unspecified atom stereocenters. The molecule has 2 heterocycles. The van der Waals surface area contributed by atoms with Gasteiger partial charge in [0.15, 0.2) is 5.82 Å². The Morgan fingerprint density at radius 1 is 1.03 bits per heavy atom. The van der Waals surface area contributed by atoms with Crippen molar-refractivity contribution in [1.82, 2.24) is 20.2 Å². The summed E-state index contributed by atoms with van der Waals surface area (Å²) in [4.78, 5) is 9.60. The molecule has 2 aromatic heterocycles. The van der Waals surface area contributed by atoms with Crippen LogP contribution < -0.4 is 10.1 Å². The van der Waals surface area contributed by atoms with Crippen molar-refractivity contribution in [3.63, 3.8) is 0 Å². The van der Waals surface area contributed by atoms with Crippen LogP contribution in [-0.4, -0.2) is 38.0 Å². The third-order valence-electron chi connectivity index (χ3n) is 6.76. The fraction of sp³-hybridized carbons (Fsp3) is 0.393. The van der Waals surface area contributed by atoms with Gasteiger partial charge in [0.1, 0.15) is 23.2 Å². The number of benzene rings is 2. The van der Waals surface area contributed by atoms with Crippen molar-refractivity contribution in [3.05, 3.63) is 71.4 Å². The maximum atomic E-state index is 13.5. The summed E-state index contributed by atoms with van der Waals surface area (Å²) in [5.41, 5.74) is 2.37. The van der Waals surface area contributed by atoms with Crippen LogP contribution in [0.25, 0.3) is 10.9 Å². The van der Waals surface area contributed by atoms with Crippen LogP contribution in [0.15, 0.2) is 48.5 Å². The van der Waals surface area contributed by atoms with Crippen LogP contribution in [-0.2, 0) is 0 Å². The molecule has 2 aromatic carbocycles. The quantitative estimate of drug-likeness (QED) is 0.288. The van der Waals surface area contributed by atoms with Crippen LogP contribution in [0.1, 0.15) is 67.9 Å². The molecule has 188 valence electrons. The SMILES string of the molecule is Cc1cc(Nc2nc(C(CO)c3ccc(F)cc3)nc3cc(OC4CCCCCCC4)ccc23)n[nH]1. The maximum Gasteiger partial charge on any atom is 0.153 e. The molecule has 8 heteroatoms. The number of nitrogens with one attached hydrogen (secondary N) is 2. The summed E-state index contributed by atoms with van der Waals surface area (Å²) in [5, 5.41) is 21.6.